The van der Waals surface area contributed by atoms with Gasteiger partial charge < -0.3 is 0 Å². The van der Waals surface area contributed by atoms with Gasteiger partial charge in [-0.25, -0.2) is 4.98 Å². The largest absolute Gasteiger partial charge is 0.292 e. The lowest BCUT2D eigenvalue weighted by Gasteiger charge is -2.21. The average molecular weight is 600 g/mol. The Morgan fingerprint density at radius 1 is 0.404 bits per heavy atom. The molecule has 0 unspecified atom stereocenters. The Bertz CT molecular complexity index is 2490. The van der Waals surface area contributed by atoms with Crippen molar-refractivity contribution in [1.82, 2.24) is 14.5 Å². The number of fused-ring (bicyclic) bond motifs is 3. The fourth-order valence-electron chi connectivity index (χ4n) is 7.02. The Hall–Kier alpha value is -6.32. The van der Waals surface area contributed by atoms with Gasteiger partial charge in [0.2, 0.25) is 0 Å². The number of benzene rings is 7. The summed E-state index contributed by atoms with van der Waals surface area (Å²) in [6, 6.07) is 58.3. The second-order valence-corrected chi connectivity index (χ2v) is 11.8. The summed E-state index contributed by atoms with van der Waals surface area (Å²) in [5.41, 5.74) is 11.3. The van der Waals surface area contributed by atoms with Crippen molar-refractivity contribution in [3.8, 4) is 50.5 Å². The van der Waals surface area contributed by atoms with E-state index >= 15 is 0 Å². The van der Waals surface area contributed by atoms with Gasteiger partial charge in [0, 0.05) is 23.5 Å². The van der Waals surface area contributed by atoms with Gasteiger partial charge in [0.15, 0.2) is 0 Å². The predicted molar refractivity (Wildman–Crippen MR) is 196 cm³/mol. The topological polar surface area (TPSA) is 30.7 Å². The van der Waals surface area contributed by atoms with Crippen LogP contribution in [0, 0.1) is 0 Å². The van der Waals surface area contributed by atoms with Crippen molar-refractivity contribution in [3.63, 3.8) is 0 Å². The molecule has 0 saturated carbocycles. The third kappa shape index (κ3) is 4.52. The summed E-state index contributed by atoms with van der Waals surface area (Å²) in [5, 5.41) is 4.89. The number of pyridine rings is 1. The fraction of sp³-hybridized carbons (Fsp3) is 0. The molecular weight excluding hydrogens is 571 g/mol. The van der Waals surface area contributed by atoms with E-state index in [2.05, 4.69) is 167 Å². The molecule has 3 heteroatoms. The Morgan fingerprint density at radius 3 is 1.68 bits per heavy atom. The molecule has 2 heterocycles. The van der Waals surface area contributed by atoms with Gasteiger partial charge in [-0.05, 0) is 73.6 Å². The number of hydrogen-bond donors (Lipinski definition) is 0. The molecule has 9 aromatic rings. The standard InChI is InChI=1S/C44H29N3/c1-2-13-32(14-3-1)44-46-39-21-9-11-23-41(39)47(44)40-22-10-8-20-38(40)43-36-18-6-4-16-34(36)42(35-17-5-7-19-37(35)43)31-26-24-30(25-27-31)33-15-12-28-45-29-33/h1-29H. The van der Waals surface area contributed by atoms with Crippen molar-refractivity contribution in [2.45, 2.75) is 0 Å². The Balaban J connectivity index is 1.33. The van der Waals surface area contributed by atoms with Crippen LogP contribution in [-0.2, 0) is 0 Å². The van der Waals surface area contributed by atoms with E-state index in [1.165, 1.54) is 43.8 Å². The molecule has 3 nitrogen and oxygen atoms in total. The van der Waals surface area contributed by atoms with E-state index in [0.717, 1.165) is 39.2 Å². The van der Waals surface area contributed by atoms with Crippen molar-refractivity contribution in [1.29, 1.82) is 0 Å². The SMILES string of the molecule is c1ccc(-c2nc3ccccc3n2-c2ccccc2-c2c3ccccc3c(-c3ccc(-c4cccnc4)cc3)c3ccccc23)cc1. The molecule has 2 aromatic heterocycles. The van der Waals surface area contributed by atoms with E-state index < -0.39 is 0 Å². The van der Waals surface area contributed by atoms with Crippen LogP contribution in [0.3, 0.4) is 0 Å². The molecule has 0 aliphatic rings. The van der Waals surface area contributed by atoms with Gasteiger partial charge in [0.1, 0.15) is 5.82 Å². The van der Waals surface area contributed by atoms with Crippen LogP contribution < -0.4 is 0 Å². The summed E-state index contributed by atoms with van der Waals surface area (Å²) in [4.78, 5) is 9.48. The van der Waals surface area contributed by atoms with Crippen LogP contribution in [0.1, 0.15) is 0 Å². The van der Waals surface area contributed by atoms with Gasteiger partial charge in [-0.15, -0.1) is 0 Å². The van der Waals surface area contributed by atoms with E-state index in [4.69, 9.17) is 4.98 Å². The molecule has 220 valence electrons. The summed E-state index contributed by atoms with van der Waals surface area (Å²) < 4.78 is 2.33. The summed E-state index contributed by atoms with van der Waals surface area (Å²) in [6.45, 7) is 0. The number of aromatic nitrogens is 3. The molecule has 0 spiro atoms. The Morgan fingerprint density at radius 2 is 0.979 bits per heavy atom. The van der Waals surface area contributed by atoms with E-state index in [1.54, 1.807) is 0 Å². The molecule has 0 aliphatic heterocycles. The van der Waals surface area contributed by atoms with E-state index in [0.29, 0.717) is 0 Å². The van der Waals surface area contributed by atoms with Crippen molar-refractivity contribution < 1.29 is 0 Å². The molecule has 0 radical (unpaired) electrons. The first-order valence-corrected chi connectivity index (χ1v) is 15.9. The zero-order valence-corrected chi connectivity index (χ0v) is 25.6. The molecule has 47 heavy (non-hydrogen) atoms. The molecule has 0 N–H and O–H groups in total. The van der Waals surface area contributed by atoms with Crippen LogP contribution in [0.4, 0.5) is 0 Å². The Labute approximate surface area is 273 Å². The normalized spacial score (nSPS) is 11.4. The van der Waals surface area contributed by atoms with Crippen molar-refractivity contribution >= 4 is 32.6 Å². The summed E-state index contributed by atoms with van der Waals surface area (Å²) in [7, 11) is 0. The first-order chi connectivity index (χ1) is 23.3. The highest BCUT2D eigenvalue weighted by molar-refractivity contribution is 6.22. The molecule has 0 fully saturated rings. The second-order valence-electron chi connectivity index (χ2n) is 11.8. The van der Waals surface area contributed by atoms with E-state index in [9.17, 15) is 0 Å². The minimum absolute atomic E-state index is 0.929. The third-order valence-corrected chi connectivity index (χ3v) is 9.11. The lowest BCUT2D eigenvalue weighted by Crippen LogP contribution is -2.01. The highest BCUT2D eigenvalue weighted by Crippen LogP contribution is 2.46. The minimum atomic E-state index is 0.929. The fourth-order valence-corrected chi connectivity index (χ4v) is 7.02. The lowest BCUT2D eigenvalue weighted by molar-refractivity contribution is 1.10. The monoisotopic (exact) mass is 599 g/mol. The zero-order chi connectivity index (χ0) is 31.2. The van der Waals surface area contributed by atoms with Gasteiger partial charge in [-0.1, -0.05) is 140 Å². The average Bonchev–Trinajstić information content (AvgIpc) is 3.54. The van der Waals surface area contributed by atoms with Crippen LogP contribution in [-0.4, -0.2) is 14.5 Å². The van der Waals surface area contributed by atoms with Gasteiger partial charge in [-0.2, -0.15) is 0 Å². The van der Waals surface area contributed by atoms with Crippen LogP contribution in [0.2, 0.25) is 0 Å². The van der Waals surface area contributed by atoms with Crippen molar-refractivity contribution in [2.75, 3.05) is 0 Å². The number of hydrogen-bond acceptors (Lipinski definition) is 2. The molecule has 0 bridgehead atoms. The summed E-state index contributed by atoms with van der Waals surface area (Å²) in [6.07, 6.45) is 3.73. The summed E-state index contributed by atoms with van der Waals surface area (Å²) in [5.74, 6) is 0.929. The van der Waals surface area contributed by atoms with Gasteiger partial charge in [-0.3, -0.25) is 9.55 Å². The van der Waals surface area contributed by atoms with Crippen LogP contribution in [0.5, 0.6) is 0 Å². The molecule has 0 atom stereocenters. The molecule has 0 aliphatic carbocycles. The highest BCUT2D eigenvalue weighted by Gasteiger charge is 2.21. The molecular formula is C44H29N3. The second kappa shape index (κ2) is 11.2. The minimum Gasteiger partial charge on any atom is -0.292 e. The van der Waals surface area contributed by atoms with Gasteiger partial charge in [0.25, 0.3) is 0 Å². The molecule has 7 aromatic carbocycles. The number of imidazole rings is 1. The highest BCUT2D eigenvalue weighted by atomic mass is 15.1. The quantitative estimate of drug-likeness (QED) is 0.184. The van der Waals surface area contributed by atoms with Crippen molar-refractivity contribution in [3.05, 3.63) is 176 Å². The number of nitrogens with zero attached hydrogens (tertiary/aromatic N) is 3. The van der Waals surface area contributed by atoms with Gasteiger partial charge >= 0.3 is 0 Å². The van der Waals surface area contributed by atoms with Gasteiger partial charge in [0.05, 0.1) is 16.7 Å². The third-order valence-electron chi connectivity index (χ3n) is 9.11. The maximum Gasteiger partial charge on any atom is 0.145 e. The first kappa shape index (κ1) is 27.0. The molecule has 0 amide bonds. The smallest absolute Gasteiger partial charge is 0.145 e. The number of rotatable bonds is 5. The first-order valence-electron chi connectivity index (χ1n) is 15.9. The maximum atomic E-state index is 5.16. The van der Waals surface area contributed by atoms with Crippen molar-refractivity contribution in [2.24, 2.45) is 0 Å². The van der Waals surface area contributed by atoms with E-state index in [-0.39, 0.29) is 0 Å². The van der Waals surface area contributed by atoms with Crippen LogP contribution >= 0.6 is 0 Å². The van der Waals surface area contributed by atoms with Crippen LogP contribution in [0.15, 0.2) is 176 Å². The predicted octanol–water partition coefficient (Wildman–Crippen LogP) is 11.4. The van der Waals surface area contributed by atoms with Crippen LogP contribution in [0.25, 0.3) is 83.0 Å². The number of para-hydroxylation sites is 3. The zero-order valence-electron chi connectivity index (χ0n) is 25.6. The molecule has 0 saturated heterocycles. The molecule has 9 rings (SSSR count). The summed E-state index contributed by atoms with van der Waals surface area (Å²) >= 11 is 0. The maximum absolute atomic E-state index is 5.16. The Kier molecular flexibility index (Phi) is 6.46. The lowest BCUT2D eigenvalue weighted by atomic mass is 9.85. The van der Waals surface area contributed by atoms with E-state index in [1.807, 2.05) is 18.5 Å².